The van der Waals surface area contributed by atoms with E-state index in [1.54, 1.807) is 0 Å². The molecule has 1 aliphatic heterocycles. The first-order valence-corrected chi connectivity index (χ1v) is 8.38. The van der Waals surface area contributed by atoms with E-state index in [-0.39, 0.29) is 5.41 Å². The van der Waals surface area contributed by atoms with Crippen molar-refractivity contribution in [3.05, 3.63) is 42.2 Å². The summed E-state index contributed by atoms with van der Waals surface area (Å²) in [5, 5.41) is 0. The van der Waals surface area contributed by atoms with Crippen LogP contribution in [0, 0.1) is 0 Å². The summed E-state index contributed by atoms with van der Waals surface area (Å²) in [7, 11) is 0. The number of benzene rings is 1. The lowest BCUT2D eigenvalue weighted by molar-refractivity contribution is 0.493. The summed E-state index contributed by atoms with van der Waals surface area (Å²) in [5.41, 5.74) is 9.34. The quantitative estimate of drug-likeness (QED) is 0.924. The smallest absolute Gasteiger partial charge is 0.159 e. The van der Waals surface area contributed by atoms with Gasteiger partial charge in [-0.05, 0) is 12.8 Å². The number of hydrogen-bond acceptors (Lipinski definition) is 4. The topological polar surface area (TPSA) is 55.0 Å². The SMILES string of the molecule is CC(C)(C)c1nc(-c2ccccc2)ncc1N1CCC(N)CC1. The van der Waals surface area contributed by atoms with Crippen LogP contribution in [0.25, 0.3) is 11.4 Å². The van der Waals surface area contributed by atoms with Crippen LogP contribution in [0.1, 0.15) is 39.3 Å². The predicted octanol–water partition coefficient (Wildman–Crippen LogP) is 3.37. The van der Waals surface area contributed by atoms with Gasteiger partial charge in [-0.2, -0.15) is 0 Å². The van der Waals surface area contributed by atoms with Gasteiger partial charge in [-0.25, -0.2) is 9.97 Å². The first-order valence-electron chi connectivity index (χ1n) is 8.38. The van der Waals surface area contributed by atoms with Crippen LogP contribution in [0.3, 0.4) is 0 Å². The summed E-state index contributed by atoms with van der Waals surface area (Å²) >= 11 is 0. The van der Waals surface area contributed by atoms with Crippen LogP contribution >= 0.6 is 0 Å². The molecule has 0 radical (unpaired) electrons. The van der Waals surface area contributed by atoms with E-state index in [2.05, 4.69) is 42.8 Å². The molecule has 1 fully saturated rings. The molecule has 0 unspecified atom stereocenters. The Kier molecular flexibility index (Phi) is 4.35. The van der Waals surface area contributed by atoms with E-state index in [1.165, 1.54) is 0 Å². The van der Waals surface area contributed by atoms with Crippen LogP contribution in [0.15, 0.2) is 36.5 Å². The predicted molar refractivity (Wildman–Crippen MR) is 95.6 cm³/mol. The molecule has 2 aromatic rings. The van der Waals surface area contributed by atoms with Crippen molar-refractivity contribution in [1.82, 2.24) is 9.97 Å². The van der Waals surface area contributed by atoms with E-state index >= 15 is 0 Å². The van der Waals surface area contributed by atoms with Crippen LogP contribution in [0.2, 0.25) is 0 Å². The van der Waals surface area contributed by atoms with E-state index in [4.69, 9.17) is 10.7 Å². The number of aromatic nitrogens is 2. The number of nitrogens with zero attached hydrogens (tertiary/aromatic N) is 3. The standard InChI is InChI=1S/C19H26N4/c1-19(2,3)17-16(23-11-9-15(20)10-12-23)13-21-18(22-17)14-7-5-4-6-8-14/h4-8,13,15H,9-12,20H2,1-3H3. The van der Waals surface area contributed by atoms with E-state index in [9.17, 15) is 0 Å². The van der Waals surface area contributed by atoms with Crippen molar-refractivity contribution in [2.24, 2.45) is 5.73 Å². The molecule has 0 aliphatic carbocycles. The molecule has 4 heteroatoms. The number of rotatable bonds is 2. The van der Waals surface area contributed by atoms with Crippen LogP contribution in [-0.4, -0.2) is 29.1 Å². The molecule has 1 aromatic heterocycles. The Morgan fingerprint density at radius 3 is 2.35 bits per heavy atom. The van der Waals surface area contributed by atoms with Crippen molar-refractivity contribution in [2.75, 3.05) is 18.0 Å². The number of anilines is 1. The Balaban J connectivity index is 2.00. The summed E-state index contributed by atoms with van der Waals surface area (Å²) < 4.78 is 0. The van der Waals surface area contributed by atoms with Crippen molar-refractivity contribution < 1.29 is 0 Å². The van der Waals surface area contributed by atoms with E-state index < -0.39 is 0 Å². The highest BCUT2D eigenvalue weighted by Crippen LogP contribution is 2.32. The number of piperidine rings is 1. The van der Waals surface area contributed by atoms with Crippen molar-refractivity contribution >= 4 is 5.69 Å². The first kappa shape index (κ1) is 15.9. The molecule has 1 saturated heterocycles. The summed E-state index contributed by atoms with van der Waals surface area (Å²) in [4.78, 5) is 11.9. The minimum Gasteiger partial charge on any atom is -0.369 e. The molecule has 0 saturated carbocycles. The van der Waals surface area contributed by atoms with E-state index in [0.29, 0.717) is 6.04 Å². The van der Waals surface area contributed by atoms with Gasteiger partial charge in [0.15, 0.2) is 5.82 Å². The Morgan fingerprint density at radius 1 is 1.09 bits per heavy atom. The maximum Gasteiger partial charge on any atom is 0.159 e. The van der Waals surface area contributed by atoms with E-state index in [1.807, 2.05) is 24.4 Å². The molecular weight excluding hydrogens is 284 g/mol. The zero-order valence-corrected chi connectivity index (χ0v) is 14.3. The van der Waals surface area contributed by atoms with Gasteiger partial charge < -0.3 is 10.6 Å². The molecule has 0 bridgehead atoms. The van der Waals surface area contributed by atoms with Crippen molar-refractivity contribution in [3.63, 3.8) is 0 Å². The van der Waals surface area contributed by atoms with Crippen LogP contribution < -0.4 is 10.6 Å². The summed E-state index contributed by atoms with van der Waals surface area (Å²) in [6.07, 6.45) is 4.06. The molecule has 4 nitrogen and oxygen atoms in total. The fraction of sp³-hybridized carbons (Fsp3) is 0.474. The normalized spacial score (nSPS) is 16.6. The van der Waals surface area contributed by atoms with Crippen molar-refractivity contribution in [3.8, 4) is 11.4 Å². The summed E-state index contributed by atoms with van der Waals surface area (Å²) in [5.74, 6) is 0.799. The lowest BCUT2D eigenvalue weighted by Crippen LogP contribution is -2.40. The van der Waals surface area contributed by atoms with Gasteiger partial charge in [0.2, 0.25) is 0 Å². The summed E-state index contributed by atoms with van der Waals surface area (Å²) in [6, 6.07) is 10.5. The third-order valence-corrected chi connectivity index (χ3v) is 4.39. The first-order chi connectivity index (χ1) is 10.9. The van der Waals surface area contributed by atoms with Gasteiger partial charge in [-0.1, -0.05) is 51.1 Å². The van der Waals surface area contributed by atoms with Crippen LogP contribution in [-0.2, 0) is 5.41 Å². The van der Waals surface area contributed by atoms with Crippen molar-refractivity contribution in [2.45, 2.75) is 45.1 Å². The van der Waals surface area contributed by atoms with E-state index in [0.717, 1.165) is 48.7 Å². The van der Waals surface area contributed by atoms with Crippen molar-refractivity contribution in [1.29, 1.82) is 0 Å². The van der Waals surface area contributed by atoms with Gasteiger partial charge in [-0.3, -0.25) is 0 Å². The second-order valence-corrected chi connectivity index (χ2v) is 7.37. The Hall–Kier alpha value is -1.94. The van der Waals surface area contributed by atoms with Gasteiger partial charge in [0.05, 0.1) is 17.6 Å². The minimum absolute atomic E-state index is 0.0264. The van der Waals surface area contributed by atoms with Gasteiger partial charge in [0.25, 0.3) is 0 Å². The Labute approximate surface area is 138 Å². The lowest BCUT2D eigenvalue weighted by Gasteiger charge is -2.35. The largest absolute Gasteiger partial charge is 0.369 e. The maximum atomic E-state index is 6.04. The molecule has 23 heavy (non-hydrogen) atoms. The van der Waals surface area contributed by atoms with Gasteiger partial charge >= 0.3 is 0 Å². The number of hydrogen-bond donors (Lipinski definition) is 1. The second-order valence-electron chi connectivity index (χ2n) is 7.37. The molecular formula is C19H26N4. The fourth-order valence-corrected chi connectivity index (χ4v) is 3.03. The maximum absolute atomic E-state index is 6.04. The van der Waals surface area contributed by atoms with Gasteiger partial charge in [0.1, 0.15) is 0 Å². The molecule has 0 atom stereocenters. The van der Waals surface area contributed by atoms with Crippen LogP contribution in [0.5, 0.6) is 0 Å². The second kappa shape index (κ2) is 6.28. The van der Waals surface area contributed by atoms with Gasteiger partial charge in [0, 0.05) is 30.1 Å². The molecule has 0 amide bonds. The highest BCUT2D eigenvalue weighted by molar-refractivity contribution is 5.60. The minimum atomic E-state index is -0.0264. The third-order valence-electron chi connectivity index (χ3n) is 4.39. The zero-order valence-electron chi connectivity index (χ0n) is 14.3. The molecule has 122 valence electrons. The Bertz CT molecular complexity index is 653. The molecule has 1 aliphatic rings. The molecule has 0 spiro atoms. The molecule has 2 heterocycles. The molecule has 1 aromatic carbocycles. The van der Waals surface area contributed by atoms with Crippen LogP contribution in [0.4, 0.5) is 5.69 Å². The number of nitrogens with two attached hydrogens (primary N) is 1. The molecule has 2 N–H and O–H groups in total. The zero-order chi connectivity index (χ0) is 16.4. The highest BCUT2D eigenvalue weighted by atomic mass is 15.2. The Morgan fingerprint density at radius 2 is 1.74 bits per heavy atom. The fourth-order valence-electron chi connectivity index (χ4n) is 3.03. The third kappa shape index (κ3) is 3.53. The van der Waals surface area contributed by atoms with Gasteiger partial charge in [-0.15, -0.1) is 0 Å². The summed E-state index contributed by atoms with van der Waals surface area (Å²) in [6.45, 7) is 8.60. The highest BCUT2D eigenvalue weighted by Gasteiger charge is 2.26. The molecule has 3 rings (SSSR count). The monoisotopic (exact) mass is 310 g/mol. The average Bonchev–Trinajstić information content (AvgIpc) is 2.55. The lowest BCUT2D eigenvalue weighted by atomic mass is 9.89. The average molecular weight is 310 g/mol.